The Balaban J connectivity index is 2.18. The molecule has 0 amide bonds. The molecule has 2 aromatic rings. The Labute approximate surface area is 160 Å². The normalized spacial score (nSPS) is 11.2. The minimum atomic E-state index is -0.642. The van der Waals surface area contributed by atoms with Crippen molar-refractivity contribution in [1.29, 1.82) is 0 Å². The number of ether oxygens (including phenoxy) is 1. The van der Waals surface area contributed by atoms with Crippen molar-refractivity contribution in [2.45, 2.75) is 6.92 Å². The third-order valence-corrected chi connectivity index (χ3v) is 3.84. The van der Waals surface area contributed by atoms with Gasteiger partial charge in [0, 0.05) is 11.1 Å². The predicted octanol–water partition coefficient (Wildman–Crippen LogP) is 5.87. The summed E-state index contributed by atoms with van der Waals surface area (Å²) in [5.41, 5.74) is 1.55. The largest absolute Gasteiger partial charge is 0.420 e. The molecule has 0 fully saturated rings. The second-order valence-corrected chi connectivity index (χ2v) is 6.28. The van der Waals surface area contributed by atoms with Crippen molar-refractivity contribution in [1.82, 2.24) is 0 Å². The van der Waals surface area contributed by atoms with Gasteiger partial charge in [-0.15, -0.1) is 0 Å². The summed E-state index contributed by atoms with van der Waals surface area (Å²) in [6.07, 6.45) is 5.97. The lowest BCUT2D eigenvalue weighted by molar-refractivity contribution is -0.128. The molecule has 2 rings (SSSR count). The van der Waals surface area contributed by atoms with Crippen LogP contribution in [0.1, 0.15) is 18.1 Å². The smallest absolute Gasteiger partial charge is 0.336 e. The number of halogens is 3. The summed E-state index contributed by atoms with van der Waals surface area (Å²) >= 11 is 17.8. The van der Waals surface area contributed by atoms with E-state index in [1.165, 1.54) is 31.2 Å². The van der Waals surface area contributed by atoms with E-state index in [9.17, 15) is 9.59 Å². The molecule has 0 aromatic heterocycles. The minimum absolute atomic E-state index is 0.0483. The van der Waals surface area contributed by atoms with Gasteiger partial charge in [0.1, 0.15) is 0 Å². The van der Waals surface area contributed by atoms with Gasteiger partial charge in [-0.1, -0.05) is 65.1 Å². The van der Waals surface area contributed by atoms with Gasteiger partial charge >= 0.3 is 5.97 Å². The second kappa shape index (κ2) is 8.86. The van der Waals surface area contributed by atoms with Gasteiger partial charge in [-0.25, -0.2) is 4.79 Å². The van der Waals surface area contributed by atoms with Gasteiger partial charge < -0.3 is 4.74 Å². The first-order valence-electron chi connectivity index (χ1n) is 7.19. The Morgan fingerprint density at radius 3 is 1.96 bits per heavy atom. The van der Waals surface area contributed by atoms with Crippen LogP contribution in [-0.4, -0.2) is 11.8 Å². The van der Waals surface area contributed by atoms with Crippen molar-refractivity contribution in [2.24, 2.45) is 0 Å². The zero-order valence-electron chi connectivity index (χ0n) is 13.1. The van der Waals surface area contributed by atoms with E-state index in [1.807, 2.05) is 24.3 Å². The SMILES string of the molecule is CC(=O)/C=C/c1ccccc1/C=C/C(=O)Oc1c(Cl)cc(Cl)cc1Cl. The molecule has 0 aliphatic rings. The van der Waals surface area contributed by atoms with Gasteiger partial charge in [-0.05, 0) is 42.3 Å². The maximum absolute atomic E-state index is 12.0. The number of benzene rings is 2. The monoisotopic (exact) mass is 394 g/mol. The number of rotatable bonds is 5. The molecule has 0 spiro atoms. The molecule has 128 valence electrons. The number of carbonyl (C=O) groups excluding carboxylic acids is 2. The summed E-state index contributed by atoms with van der Waals surface area (Å²) in [5, 5.41) is 0.629. The highest BCUT2D eigenvalue weighted by Gasteiger charge is 2.12. The van der Waals surface area contributed by atoms with Crippen LogP contribution in [0.25, 0.3) is 12.2 Å². The first kappa shape index (κ1) is 19.3. The highest BCUT2D eigenvalue weighted by atomic mass is 35.5. The molecule has 0 aliphatic heterocycles. The summed E-state index contributed by atoms with van der Waals surface area (Å²) in [6, 6.07) is 10.2. The summed E-state index contributed by atoms with van der Waals surface area (Å²) in [7, 11) is 0. The van der Waals surface area contributed by atoms with Crippen LogP contribution in [0.2, 0.25) is 15.1 Å². The summed E-state index contributed by atoms with van der Waals surface area (Å²) < 4.78 is 5.17. The van der Waals surface area contributed by atoms with Crippen molar-refractivity contribution in [2.75, 3.05) is 0 Å². The van der Waals surface area contributed by atoms with E-state index in [4.69, 9.17) is 39.5 Å². The lowest BCUT2D eigenvalue weighted by Gasteiger charge is -2.07. The molecule has 0 N–H and O–H groups in total. The molecular weight excluding hydrogens is 383 g/mol. The van der Waals surface area contributed by atoms with E-state index in [2.05, 4.69) is 0 Å². The Bertz CT molecular complexity index is 847. The maximum atomic E-state index is 12.0. The maximum Gasteiger partial charge on any atom is 0.336 e. The number of allylic oxidation sites excluding steroid dienone is 1. The molecular formula is C19H13Cl3O3. The van der Waals surface area contributed by atoms with E-state index in [1.54, 1.807) is 12.2 Å². The lowest BCUT2D eigenvalue weighted by Crippen LogP contribution is -2.04. The molecule has 6 heteroatoms. The lowest BCUT2D eigenvalue weighted by atomic mass is 10.1. The van der Waals surface area contributed by atoms with Crippen molar-refractivity contribution in [3.05, 3.63) is 74.7 Å². The molecule has 0 saturated carbocycles. The van der Waals surface area contributed by atoms with Gasteiger partial charge in [0.2, 0.25) is 0 Å². The molecule has 0 saturated heterocycles. The van der Waals surface area contributed by atoms with E-state index in [0.29, 0.717) is 5.02 Å². The molecule has 0 aliphatic carbocycles. The molecule has 2 aromatic carbocycles. The third kappa shape index (κ3) is 5.75. The van der Waals surface area contributed by atoms with Crippen LogP contribution >= 0.6 is 34.8 Å². The van der Waals surface area contributed by atoms with Crippen LogP contribution in [0.3, 0.4) is 0 Å². The summed E-state index contributed by atoms with van der Waals surface area (Å²) in [5.74, 6) is -0.658. The zero-order valence-corrected chi connectivity index (χ0v) is 15.4. The fraction of sp³-hybridized carbons (Fsp3) is 0.0526. The van der Waals surface area contributed by atoms with Crippen LogP contribution in [0.5, 0.6) is 5.75 Å². The number of carbonyl (C=O) groups is 2. The van der Waals surface area contributed by atoms with Gasteiger partial charge in [0.15, 0.2) is 11.5 Å². The minimum Gasteiger partial charge on any atom is -0.420 e. The van der Waals surface area contributed by atoms with Gasteiger partial charge in [0.05, 0.1) is 10.0 Å². The van der Waals surface area contributed by atoms with Crippen molar-refractivity contribution >= 4 is 58.7 Å². The molecule has 25 heavy (non-hydrogen) atoms. The molecule has 0 bridgehead atoms. The highest BCUT2D eigenvalue weighted by molar-refractivity contribution is 6.40. The number of ketones is 1. The second-order valence-electron chi connectivity index (χ2n) is 5.03. The topological polar surface area (TPSA) is 43.4 Å². The fourth-order valence-electron chi connectivity index (χ4n) is 1.94. The Morgan fingerprint density at radius 1 is 0.920 bits per heavy atom. The summed E-state index contributed by atoms with van der Waals surface area (Å²) in [6.45, 7) is 1.46. The van der Waals surface area contributed by atoms with Crippen LogP contribution in [0, 0.1) is 0 Å². The summed E-state index contributed by atoms with van der Waals surface area (Å²) in [4.78, 5) is 23.1. The average molecular weight is 396 g/mol. The van der Waals surface area contributed by atoms with Gasteiger partial charge in [0.25, 0.3) is 0 Å². The standard InChI is InChI=1S/C19H13Cl3O3/c1-12(23)6-7-13-4-2-3-5-14(13)8-9-18(24)25-19-16(21)10-15(20)11-17(19)22/h2-11H,1H3/b7-6+,9-8+. The van der Waals surface area contributed by atoms with Crippen LogP contribution in [-0.2, 0) is 9.59 Å². The van der Waals surface area contributed by atoms with E-state index >= 15 is 0 Å². The third-order valence-electron chi connectivity index (χ3n) is 3.06. The fourth-order valence-corrected chi connectivity index (χ4v) is 2.83. The first-order chi connectivity index (χ1) is 11.9. The molecule has 0 radical (unpaired) electrons. The van der Waals surface area contributed by atoms with Gasteiger partial charge in [-0.2, -0.15) is 0 Å². The molecule has 3 nitrogen and oxygen atoms in total. The Kier molecular flexibility index (Phi) is 6.82. The molecule has 0 heterocycles. The van der Waals surface area contributed by atoms with E-state index in [0.717, 1.165) is 11.1 Å². The van der Waals surface area contributed by atoms with E-state index < -0.39 is 5.97 Å². The van der Waals surface area contributed by atoms with E-state index in [-0.39, 0.29) is 21.6 Å². The quantitative estimate of drug-likeness (QED) is 0.361. The number of hydrogen-bond acceptors (Lipinski definition) is 3. The predicted molar refractivity (Wildman–Crippen MR) is 102 cm³/mol. The van der Waals surface area contributed by atoms with Crippen LogP contribution in [0.15, 0.2) is 48.6 Å². The first-order valence-corrected chi connectivity index (χ1v) is 8.32. The zero-order chi connectivity index (χ0) is 18.4. The van der Waals surface area contributed by atoms with Crippen molar-refractivity contribution in [3.8, 4) is 5.75 Å². The Morgan fingerprint density at radius 2 is 1.44 bits per heavy atom. The average Bonchev–Trinajstić information content (AvgIpc) is 2.55. The van der Waals surface area contributed by atoms with Crippen LogP contribution < -0.4 is 4.74 Å². The highest BCUT2D eigenvalue weighted by Crippen LogP contribution is 2.35. The number of hydrogen-bond donors (Lipinski definition) is 0. The number of esters is 1. The van der Waals surface area contributed by atoms with Crippen molar-refractivity contribution in [3.63, 3.8) is 0 Å². The van der Waals surface area contributed by atoms with Crippen molar-refractivity contribution < 1.29 is 14.3 Å². The van der Waals surface area contributed by atoms with Gasteiger partial charge in [-0.3, -0.25) is 4.79 Å². The molecule has 0 unspecified atom stereocenters. The molecule has 0 atom stereocenters. The van der Waals surface area contributed by atoms with Crippen LogP contribution in [0.4, 0.5) is 0 Å². The Hall–Kier alpha value is -2.07.